The zero-order chi connectivity index (χ0) is 15.1. The van der Waals surface area contributed by atoms with Crippen molar-refractivity contribution in [1.82, 2.24) is 0 Å². The molecule has 1 aromatic carbocycles. The van der Waals surface area contributed by atoms with Crippen LogP contribution in [0, 0.1) is 10.1 Å². The molecular weight excluding hydrogens is 330 g/mol. The largest absolute Gasteiger partial charge is 0.477 e. The van der Waals surface area contributed by atoms with Gasteiger partial charge < -0.3 is 9.47 Å². The molecule has 0 aliphatic carbocycles. The summed E-state index contributed by atoms with van der Waals surface area (Å²) in [6.07, 6.45) is 0.447. The van der Waals surface area contributed by atoms with Crippen molar-refractivity contribution >= 4 is 27.6 Å². The van der Waals surface area contributed by atoms with E-state index in [4.69, 9.17) is 9.47 Å². The number of nitrogens with zero attached hydrogens (tertiary/aromatic N) is 1. The molecule has 1 atom stereocenters. The molecule has 0 fully saturated rings. The predicted molar refractivity (Wildman–Crippen MR) is 76.8 cm³/mol. The number of nitro benzene ring substituents is 1. The highest BCUT2D eigenvalue weighted by Crippen LogP contribution is 2.34. The number of hydrogen-bond acceptors (Lipinski definition) is 5. The minimum Gasteiger partial charge on any atom is -0.477 e. The molecule has 20 heavy (non-hydrogen) atoms. The molecule has 7 heteroatoms. The molecule has 0 saturated carbocycles. The summed E-state index contributed by atoms with van der Waals surface area (Å²) >= 11 is 3.13. The van der Waals surface area contributed by atoms with E-state index in [2.05, 4.69) is 15.9 Å². The molecule has 0 bridgehead atoms. The van der Waals surface area contributed by atoms with Crippen LogP contribution in [0.1, 0.15) is 26.7 Å². The Kier molecular flexibility index (Phi) is 6.44. The first-order valence-electron chi connectivity index (χ1n) is 6.27. The summed E-state index contributed by atoms with van der Waals surface area (Å²) in [5, 5.41) is 10.9. The van der Waals surface area contributed by atoms with E-state index < -0.39 is 17.0 Å². The third-order valence-electron chi connectivity index (χ3n) is 2.51. The van der Waals surface area contributed by atoms with E-state index in [0.717, 1.165) is 6.42 Å². The maximum atomic E-state index is 11.8. The highest BCUT2D eigenvalue weighted by atomic mass is 79.9. The van der Waals surface area contributed by atoms with E-state index in [0.29, 0.717) is 6.42 Å². The van der Waals surface area contributed by atoms with Crippen molar-refractivity contribution in [3.63, 3.8) is 0 Å². The average molecular weight is 346 g/mol. The van der Waals surface area contributed by atoms with E-state index >= 15 is 0 Å². The van der Waals surface area contributed by atoms with Crippen LogP contribution in [0.2, 0.25) is 0 Å². The number of esters is 1. The van der Waals surface area contributed by atoms with Crippen LogP contribution in [0.3, 0.4) is 0 Å². The van der Waals surface area contributed by atoms with Crippen molar-refractivity contribution < 1.29 is 19.2 Å². The zero-order valence-corrected chi connectivity index (χ0v) is 12.9. The van der Waals surface area contributed by atoms with Gasteiger partial charge in [0.25, 0.3) is 5.69 Å². The molecule has 0 aromatic heterocycles. The molecular formula is C13H16BrNO5. The third kappa shape index (κ3) is 4.19. The molecule has 1 rings (SSSR count). The lowest BCUT2D eigenvalue weighted by molar-refractivity contribution is -0.385. The van der Waals surface area contributed by atoms with Gasteiger partial charge in [0, 0.05) is 6.07 Å². The number of hydrogen-bond donors (Lipinski definition) is 0. The van der Waals surface area contributed by atoms with E-state index in [9.17, 15) is 14.9 Å². The Hall–Kier alpha value is -1.63. The van der Waals surface area contributed by atoms with Crippen molar-refractivity contribution in [2.45, 2.75) is 32.8 Å². The fourth-order valence-corrected chi connectivity index (χ4v) is 2.11. The Morgan fingerprint density at radius 2 is 2.15 bits per heavy atom. The second-order valence-corrected chi connectivity index (χ2v) is 4.79. The molecule has 110 valence electrons. The Labute approximate surface area is 125 Å². The molecule has 0 aliphatic heterocycles. The Morgan fingerprint density at radius 3 is 2.70 bits per heavy atom. The van der Waals surface area contributed by atoms with Gasteiger partial charge in [-0.2, -0.15) is 0 Å². The van der Waals surface area contributed by atoms with Crippen LogP contribution >= 0.6 is 15.9 Å². The number of ether oxygens (including phenoxy) is 2. The predicted octanol–water partition coefficient (Wildman–Crippen LogP) is 3.47. The standard InChI is InChI=1S/C13H16BrNO5/c1-3-6-11(13(16)19-4-2)20-10-8-5-7-9(12(10)14)15(17)18/h5,7-8,11H,3-4,6H2,1-2H3. The molecule has 0 heterocycles. The van der Waals surface area contributed by atoms with Crippen LogP contribution in [0.25, 0.3) is 0 Å². The third-order valence-corrected chi connectivity index (χ3v) is 3.31. The summed E-state index contributed by atoms with van der Waals surface area (Å²) in [6.45, 7) is 3.89. The molecule has 6 nitrogen and oxygen atoms in total. The van der Waals surface area contributed by atoms with Crippen molar-refractivity contribution in [3.05, 3.63) is 32.8 Å². The molecule has 0 N–H and O–H groups in total. The molecule has 1 unspecified atom stereocenters. The first-order valence-corrected chi connectivity index (χ1v) is 7.06. The van der Waals surface area contributed by atoms with Gasteiger partial charge >= 0.3 is 5.97 Å². The van der Waals surface area contributed by atoms with Gasteiger partial charge in [0.1, 0.15) is 10.2 Å². The van der Waals surface area contributed by atoms with Crippen LogP contribution in [0.5, 0.6) is 5.75 Å². The molecule has 0 amide bonds. The summed E-state index contributed by atoms with van der Waals surface area (Å²) in [4.78, 5) is 22.1. The Bertz CT molecular complexity index is 492. The van der Waals surface area contributed by atoms with Crippen LogP contribution in [-0.4, -0.2) is 23.6 Å². The lowest BCUT2D eigenvalue weighted by atomic mass is 10.2. The normalized spacial score (nSPS) is 11.8. The quantitative estimate of drug-likeness (QED) is 0.429. The number of carbonyl (C=O) groups is 1. The van der Waals surface area contributed by atoms with E-state index in [1.54, 1.807) is 13.0 Å². The van der Waals surface area contributed by atoms with E-state index in [1.807, 2.05) is 6.92 Å². The highest BCUT2D eigenvalue weighted by molar-refractivity contribution is 9.10. The Balaban J connectivity index is 2.96. The molecule has 0 aliphatic rings. The van der Waals surface area contributed by atoms with Gasteiger partial charge in [-0.1, -0.05) is 19.4 Å². The van der Waals surface area contributed by atoms with Gasteiger partial charge in [0.2, 0.25) is 0 Å². The topological polar surface area (TPSA) is 78.7 Å². The number of carbonyl (C=O) groups excluding carboxylic acids is 1. The fraction of sp³-hybridized carbons (Fsp3) is 0.462. The molecule has 0 radical (unpaired) electrons. The SMILES string of the molecule is CCCC(Oc1cccc([N+](=O)[O-])c1Br)C(=O)OCC. The summed E-state index contributed by atoms with van der Waals surface area (Å²) in [5.74, 6) is -0.210. The van der Waals surface area contributed by atoms with Crippen molar-refractivity contribution in [2.24, 2.45) is 0 Å². The van der Waals surface area contributed by atoms with Crippen LogP contribution in [0.15, 0.2) is 22.7 Å². The number of nitro groups is 1. The van der Waals surface area contributed by atoms with E-state index in [-0.39, 0.29) is 22.5 Å². The zero-order valence-electron chi connectivity index (χ0n) is 11.3. The number of benzene rings is 1. The van der Waals surface area contributed by atoms with Gasteiger partial charge in [-0.3, -0.25) is 10.1 Å². The summed E-state index contributed by atoms with van der Waals surface area (Å²) < 4.78 is 10.7. The van der Waals surface area contributed by atoms with Crippen molar-refractivity contribution in [3.8, 4) is 5.75 Å². The van der Waals surface area contributed by atoms with Gasteiger partial charge in [-0.15, -0.1) is 0 Å². The first-order chi connectivity index (χ1) is 9.51. The number of halogens is 1. The summed E-state index contributed by atoms with van der Waals surface area (Å²) in [7, 11) is 0. The monoisotopic (exact) mass is 345 g/mol. The summed E-state index contributed by atoms with van der Waals surface area (Å²) in [5.41, 5.74) is -0.110. The van der Waals surface area contributed by atoms with Crippen molar-refractivity contribution in [1.29, 1.82) is 0 Å². The smallest absolute Gasteiger partial charge is 0.347 e. The van der Waals surface area contributed by atoms with Gasteiger partial charge in [-0.05, 0) is 35.3 Å². The van der Waals surface area contributed by atoms with Crippen LogP contribution in [0.4, 0.5) is 5.69 Å². The van der Waals surface area contributed by atoms with Crippen molar-refractivity contribution in [2.75, 3.05) is 6.61 Å². The second-order valence-electron chi connectivity index (χ2n) is 3.99. The lowest BCUT2D eigenvalue weighted by Crippen LogP contribution is -2.29. The first kappa shape index (κ1) is 16.4. The van der Waals surface area contributed by atoms with Crippen LogP contribution in [-0.2, 0) is 9.53 Å². The van der Waals surface area contributed by atoms with Crippen LogP contribution < -0.4 is 4.74 Å². The highest BCUT2D eigenvalue weighted by Gasteiger charge is 2.24. The molecule has 0 saturated heterocycles. The maximum Gasteiger partial charge on any atom is 0.347 e. The lowest BCUT2D eigenvalue weighted by Gasteiger charge is -2.17. The minimum atomic E-state index is -0.766. The van der Waals surface area contributed by atoms with E-state index in [1.165, 1.54) is 12.1 Å². The fourth-order valence-electron chi connectivity index (χ4n) is 1.61. The Morgan fingerprint density at radius 1 is 1.45 bits per heavy atom. The van der Waals surface area contributed by atoms with Gasteiger partial charge in [0.05, 0.1) is 11.5 Å². The maximum absolute atomic E-state index is 11.8. The van der Waals surface area contributed by atoms with Gasteiger partial charge in [0.15, 0.2) is 6.10 Å². The summed E-state index contributed by atoms with van der Waals surface area (Å²) in [6, 6.07) is 4.43. The molecule has 1 aromatic rings. The average Bonchev–Trinajstić information content (AvgIpc) is 2.40. The van der Waals surface area contributed by atoms with Gasteiger partial charge in [-0.25, -0.2) is 4.79 Å². The molecule has 0 spiro atoms. The minimum absolute atomic E-state index is 0.110. The number of rotatable bonds is 7. The second kappa shape index (κ2) is 7.84.